The Hall–Kier alpha value is -2.70. The van der Waals surface area contributed by atoms with Crippen LogP contribution in [0.1, 0.15) is 18.5 Å². The number of benzene rings is 1. The van der Waals surface area contributed by atoms with Crippen LogP contribution in [0.15, 0.2) is 33.9 Å². The Morgan fingerprint density at radius 3 is 2.45 bits per heavy atom. The molecule has 0 aliphatic rings. The number of aromatic hydroxyl groups is 1. The van der Waals surface area contributed by atoms with Crippen LogP contribution in [0, 0.1) is 0 Å². The minimum absolute atomic E-state index is 0.345. The Bertz CT molecular complexity index is 778. The Morgan fingerprint density at radius 1 is 1.18 bits per heavy atom. The second kappa shape index (κ2) is 6.38. The van der Waals surface area contributed by atoms with E-state index in [4.69, 9.17) is 9.47 Å². The van der Waals surface area contributed by atoms with E-state index in [0.29, 0.717) is 17.9 Å². The van der Waals surface area contributed by atoms with Gasteiger partial charge in [0.25, 0.3) is 5.56 Å². The van der Waals surface area contributed by atoms with E-state index in [-0.39, 0.29) is 11.9 Å². The van der Waals surface area contributed by atoms with Crippen LogP contribution >= 0.6 is 0 Å². The SMILES string of the molecule is COc1ccc(C[C@H](C)n2c(O)cc(=O)[nH]c2=O)cc1OC. The molecule has 1 heterocycles. The number of rotatable bonds is 5. The van der Waals surface area contributed by atoms with Crippen molar-refractivity contribution in [1.82, 2.24) is 9.55 Å². The predicted molar refractivity (Wildman–Crippen MR) is 80.9 cm³/mol. The van der Waals surface area contributed by atoms with Crippen molar-refractivity contribution in [2.75, 3.05) is 14.2 Å². The van der Waals surface area contributed by atoms with E-state index >= 15 is 0 Å². The number of nitrogens with zero attached hydrogens (tertiary/aromatic N) is 1. The molecule has 0 spiro atoms. The summed E-state index contributed by atoms with van der Waals surface area (Å²) in [6, 6.07) is 6.07. The van der Waals surface area contributed by atoms with E-state index in [2.05, 4.69) is 4.98 Å². The van der Waals surface area contributed by atoms with Crippen LogP contribution in [-0.2, 0) is 6.42 Å². The lowest BCUT2D eigenvalue weighted by Gasteiger charge is -2.17. The van der Waals surface area contributed by atoms with E-state index in [0.717, 1.165) is 16.2 Å². The van der Waals surface area contributed by atoms with Gasteiger partial charge < -0.3 is 14.6 Å². The van der Waals surface area contributed by atoms with Gasteiger partial charge in [0.05, 0.1) is 20.3 Å². The third-order valence-electron chi connectivity index (χ3n) is 3.38. The molecule has 0 bridgehead atoms. The summed E-state index contributed by atoms with van der Waals surface area (Å²) in [6.45, 7) is 1.77. The number of ether oxygens (including phenoxy) is 2. The fourth-order valence-electron chi connectivity index (χ4n) is 2.36. The molecule has 1 aromatic heterocycles. The zero-order chi connectivity index (χ0) is 16.3. The van der Waals surface area contributed by atoms with E-state index in [9.17, 15) is 14.7 Å². The predicted octanol–water partition coefficient (Wildman–Crippen LogP) is 1.06. The molecule has 0 aliphatic carbocycles. The molecule has 0 fully saturated rings. The van der Waals surface area contributed by atoms with Gasteiger partial charge in [0, 0.05) is 6.04 Å². The van der Waals surface area contributed by atoms with Crippen LogP contribution in [0.4, 0.5) is 0 Å². The molecule has 0 saturated carbocycles. The van der Waals surface area contributed by atoms with Gasteiger partial charge in [-0.15, -0.1) is 0 Å². The van der Waals surface area contributed by atoms with Gasteiger partial charge in [-0.3, -0.25) is 14.3 Å². The van der Waals surface area contributed by atoms with Crippen molar-refractivity contribution in [3.63, 3.8) is 0 Å². The van der Waals surface area contributed by atoms with Gasteiger partial charge in [-0.05, 0) is 31.0 Å². The molecule has 0 saturated heterocycles. The van der Waals surface area contributed by atoms with Gasteiger partial charge in [0.2, 0.25) is 5.88 Å². The summed E-state index contributed by atoms with van der Waals surface area (Å²) in [6.07, 6.45) is 0.472. The van der Waals surface area contributed by atoms with Gasteiger partial charge in [-0.25, -0.2) is 4.79 Å². The highest BCUT2D eigenvalue weighted by Crippen LogP contribution is 2.29. The van der Waals surface area contributed by atoms with Gasteiger partial charge in [-0.1, -0.05) is 6.07 Å². The molecule has 1 atom stereocenters. The highest BCUT2D eigenvalue weighted by molar-refractivity contribution is 5.43. The first kappa shape index (κ1) is 15.7. The number of aromatic amines is 1. The minimum Gasteiger partial charge on any atom is -0.494 e. The summed E-state index contributed by atoms with van der Waals surface area (Å²) in [7, 11) is 3.10. The first-order chi connectivity index (χ1) is 10.5. The molecule has 22 heavy (non-hydrogen) atoms. The molecule has 0 amide bonds. The van der Waals surface area contributed by atoms with Crippen LogP contribution in [0.5, 0.6) is 17.4 Å². The Labute approximate surface area is 126 Å². The average molecular weight is 306 g/mol. The number of nitrogens with one attached hydrogen (secondary N) is 1. The molecular weight excluding hydrogens is 288 g/mol. The first-order valence-corrected chi connectivity index (χ1v) is 6.72. The van der Waals surface area contributed by atoms with Gasteiger partial charge in [0.1, 0.15) is 0 Å². The largest absolute Gasteiger partial charge is 0.494 e. The third-order valence-corrected chi connectivity index (χ3v) is 3.38. The molecule has 7 nitrogen and oxygen atoms in total. The monoisotopic (exact) mass is 306 g/mol. The van der Waals surface area contributed by atoms with Crippen molar-refractivity contribution in [3.05, 3.63) is 50.7 Å². The molecule has 2 rings (SSSR count). The van der Waals surface area contributed by atoms with Crippen molar-refractivity contribution in [3.8, 4) is 17.4 Å². The fourth-order valence-corrected chi connectivity index (χ4v) is 2.36. The standard InChI is InChI=1S/C15H18N2O5/c1-9(17-14(19)8-13(18)16-15(17)20)6-10-4-5-11(21-2)12(7-10)22-3/h4-5,7-9,19H,6H2,1-3H3,(H,16,18,20)/t9-/m0/s1. The number of aromatic nitrogens is 2. The Kier molecular flexibility index (Phi) is 4.55. The molecule has 0 aliphatic heterocycles. The number of hydrogen-bond acceptors (Lipinski definition) is 5. The number of H-pyrrole nitrogens is 1. The molecule has 2 N–H and O–H groups in total. The summed E-state index contributed by atoms with van der Waals surface area (Å²) in [4.78, 5) is 25.1. The van der Waals surface area contributed by atoms with Crippen LogP contribution in [0.2, 0.25) is 0 Å². The van der Waals surface area contributed by atoms with E-state index < -0.39 is 11.2 Å². The smallest absolute Gasteiger partial charge is 0.331 e. The lowest BCUT2D eigenvalue weighted by atomic mass is 10.1. The number of hydrogen-bond donors (Lipinski definition) is 2. The quantitative estimate of drug-likeness (QED) is 0.861. The molecule has 118 valence electrons. The molecule has 1 aromatic carbocycles. The second-order valence-electron chi connectivity index (χ2n) is 4.91. The maximum Gasteiger partial charge on any atom is 0.331 e. The van der Waals surface area contributed by atoms with Crippen LogP contribution in [-0.4, -0.2) is 28.9 Å². The normalized spacial score (nSPS) is 12.0. The topological polar surface area (TPSA) is 93.5 Å². The third kappa shape index (κ3) is 3.13. The maximum absolute atomic E-state index is 11.8. The summed E-state index contributed by atoms with van der Waals surface area (Å²) in [5.41, 5.74) is -0.363. The van der Waals surface area contributed by atoms with E-state index in [1.165, 1.54) is 0 Å². The Morgan fingerprint density at radius 2 is 1.86 bits per heavy atom. The van der Waals surface area contributed by atoms with Crippen LogP contribution in [0.25, 0.3) is 0 Å². The Balaban J connectivity index is 2.31. The zero-order valence-electron chi connectivity index (χ0n) is 12.6. The molecule has 7 heteroatoms. The zero-order valence-corrected chi connectivity index (χ0v) is 12.6. The van der Waals surface area contributed by atoms with E-state index in [1.54, 1.807) is 27.2 Å². The molecule has 2 aromatic rings. The maximum atomic E-state index is 11.8. The second-order valence-corrected chi connectivity index (χ2v) is 4.91. The first-order valence-electron chi connectivity index (χ1n) is 6.72. The summed E-state index contributed by atoms with van der Waals surface area (Å²) in [5, 5.41) is 9.80. The summed E-state index contributed by atoms with van der Waals surface area (Å²) in [5.74, 6) is 0.843. The number of methoxy groups -OCH3 is 2. The van der Waals surface area contributed by atoms with Gasteiger partial charge in [0.15, 0.2) is 11.5 Å². The summed E-state index contributed by atoms with van der Waals surface area (Å²) >= 11 is 0. The van der Waals surface area contributed by atoms with Crippen molar-refractivity contribution in [2.24, 2.45) is 0 Å². The highest BCUT2D eigenvalue weighted by atomic mass is 16.5. The van der Waals surface area contributed by atoms with Crippen molar-refractivity contribution in [1.29, 1.82) is 0 Å². The van der Waals surface area contributed by atoms with Crippen LogP contribution < -0.4 is 20.7 Å². The molecule has 0 unspecified atom stereocenters. The average Bonchev–Trinajstić information content (AvgIpc) is 2.45. The van der Waals surface area contributed by atoms with E-state index in [1.807, 2.05) is 12.1 Å². The van der Waals surface area contributed by atoms with Crippen molar-refractivity contribution in [2.45, 2.75) is 19.4 Å². The molecular formula is C15H18N2O5. The van der Waals surface area contributed by atoms with Crippen molar-refractivity contribution < 1.29 is 14.6 Å². The van der Waals surface area contributed by atoms with Gasteiger partial charge in [-0.2, -0.15) is 0 Å². The summed E-state index contributed by atoms with van der Waals surface area (Å²) < 4.78 is 11.5. The van der Waals surface area contributed by atoms with Gasteiger partial charge >= 0.3 is 5.69 Å². The highest BCUT2D eigenvalue weighted by Gasteiger charge is 2.14. The van der Waals surface area contributed by atoms with Crippen LogP contribution in [0.3, 0.4) is 0 Å². The lowest BCUT2D eigenvalue weighted by molar-refractivity contribution is 0.353. The lowest BCUT2D eigenvalue weighted by Crippen LogP contribution is -2.31. The fraction of sp³-hybridized carbons (Fsp3) is 0.333. The molecule has 0 radical (unpaired) electrons. The van der Waals surface area contributed by atoms with Crippen molar-refractivity contribution >= 4 is 0 Å². The minimum atomic E-state index is -0.641.